The molecule has 2 amide bonds. The summed E-state index contributed by atoms with van der Waals surface area (Å²) >= 11 is 0. The smallest absolute Gasteiger partial charge is 0.374 e. The van der Waals surface area contributed by atoms with E-state index in [4.69, 9.17) is 5.11 Å². The fraction of sp³-hybridized carbons (Fsp3) is 0.455. The first kappa shape index (κ1) is 13.1. The van der Waals surface area contributed by atoms with Crippen molar-refractivity contribution in [3.63, 3.8) is 0 Å². The van der Waals surface area contributed by atoms with Crippen LogP contribution in [0, 0.1) is 0 Å². The standard InChI is InChI=1S/C11H13N3O5/c1-7(15)13-2-4-14(5-3-13)10(16)8-6-9(11(17)18)19-12-8/h6H,2-5H2,1H3,(H,17,18). The summed E-state index contributed by atoms with van der Waals surface area (Å²) in [5, 5.41) is 12.1. The van der Waals surface area contributed by atoms with Gasteiger partial charge in [0.15, 0.2) is 5.69 Å². The van der Waals surface area contributed by atoms with Crippen LogP contribution in [0.1, 0.15) is 28.0 Å². The number of hydrogen-bond donors (Lipinski definition) is 1. The predicted molar refractivity (Wildman–Crippen MR) is 61.6 cm³/mol. The van der Waals surface area contributed by atoms with E-state index in [2.05, 4.69) is 9.68 Å². The van der Waals surface area contributed by atoms with Crippen LogP contribution in [0.3, 0.4) is 0 Å². The molecule has 8 heteroatoms. The summed E-state index contributed by atoms with van der Waals surface area (Å²) in [5.74, 6) is -2.06. The molecule has 0 unspecified atom stereocenters. The summed E-state index contributed by atoms with van der Waals surface area (Å²) in [7, 11) is 0. The summed E-state index contributed by atoms with van der Waals surface area (Å²) in [4.78, 5) is 37.0. The van der Waals surface area contributed by atoms with Crippen molar-refractivity contribution in [2.75, 3.05) is 26.2 Å². The lowest BCUT2D eigenvalue weighted by atomic mass is 10.2. The molecule has 0 aromatic carbocycles. The molecule has 1 fully saturated rings. The second-order valence-electron chi connectivity index (χ2n) is 4.18. The summed E-state index contributed by atoms with van der Waals surface area (Å²) in [6.07, 6.45) is 0. The van der Waals surface area contributed by atoms with Gasteiger partial charge in [-0.3, -0.25) is 9.59 Å². The molecule has 102 valence electrons. The number of aromatic carboxylic acids is 1. The minimum Gasteiger partial charge on any atom is -0.475 e. The van der Waals surface area contributed by atoms with Crippen molar-refractivity contribution in [1.29, 1.82) is 0 Å². The van der Waals surface area contributed by atoms with Crippen LogP contribution in [-0.4, -0.2) is 64.0 Å². The van der Waals surface area contributed by atoms with Crippen LogP contribution in [0.15, 0.2) is 10.6 Å². The van der Waals surface area contributed by atoms with Crippen LogP contribution in [0.4, 0.5) is 0 Å². The van der Waals surface area contributed by atoms with E-state index in [0.717, 1.165) is 6.07 Å². The number of rotatable bonds is 2. The number of carboxylic acids is 1. The zero-order chi connectivity index (χ0) is 14.0. The fourth-order valence-electron chi connectivity index (χ4n) is 1.86. The number of carboxylic acid groups (broad SMARTS) is 1. The van der Waals surface area contributed by atoms with Gasteiger partial charge in [-0.15, -0.1) is 0 Å². The van der Waals surface area contributed by atoms with Gasteiger partial charge in [-0.25, -0.2) is 4.79 Å². The molecule has 1 aromatic rings. The highest BCUT2D eigenvalue weighted by Gasteiger charge is 2.26. The Morgan fingerprint density at radius 1 is 1.21 bits per heavy atom. The average molecular weight is 267 g/mol. The number of amides is 2. The summed E-state index contributed by atoms with van der Waals surface area (Å²) in [6, 6.07) is 1.10. The molecule has 1 aliphatic rings. The van der Waals surface area contributed by atoms with Crippen molar-refractivity contribution in [2.45, 2.75) is 6.92 Å². The molecular weight excluding hydrogens is 254 g/mol. The van der Waals surface area contributed by atoms with Gasteiger partial charge >= 0.3 is 5.97 Å². The van der Waals surface area contributed by atoms with Crippen LogP contribution in [0.5, 0.6) is 0 Å². The Morgan fingerprint density at radius 2 is 1.79 bits per heavy atom. The second kappa shape index (κ2) is 5.09. The van der Waals surface area contributed by atoms with Crippen molar-refractivity contribution < 1.29 is 24.0 Å². The van der Waals surface area contributed by atoms with Crippen molar-refractivity contribution in [3.8, 4) is 0 Å². The van der Waals surface area contributed by atoms with E-state index in [1.165, 1.54) is 11.8 Å². The van der Waals surface area contributed by atoms with E-state index in [1.807, 2.05) is 0 Å². The number of piperazine rings is 1. The van der Waals surface area contributed by atoms with Crippen molar-refractivity contribution >= 4 is 17.8 Å². The number of nitrogens with zero attached hydrogens (tertiary/aromatic N) is 3. The van der Waals surface area contributed by atoms with Crippen LogP contribution < -0.4 is 0 Å². The molecule has 0 bridgehead atoms. The monoisotopic (exact) mass is 267 g/mol. The predicted octanol–water partition coefficient (Wildman–Crippen LogP) is -0.323. The molecule has 0 saturated carbocycles. The van der Waals surface area contributed by atoms with Crippen molar-refractivity contribution in [2.24, 2.45) is 0 Å². The second-order valence-corrected chi connectivity index (χ2v) is 4.18. The van der Waals surface area contributed by atoms with Gasteiger partial charge in [-0.1, -0.05) is 5.16 Å². The third kappa shape index (κ3) is 2.72. The molecule has 19 heavy (non-hydrogen) atoms. The fourth-order valence-corrected chi connectivity index (χ4v) is 1.86. The first-order valence-corrected chi connectivity index (χ1v) is 5.74. The van der Waals surface area contributed by atoms with E-state index in [9.17, 15) is 14.4 Å². The molecule has 1 N–H and O–H groups in total. The first-order valence-electron chi connectivity index (χ1n) is 5.74. The van der Waals surface area contributed by atoms with E-state index < -0.39 is 5.97 Å². The molecule has 1 aliphatic heterocycles. The molecule has 0 aliphatic carbocycles. The van der Waals surface area contributed by atoms with Gasteiger partial charge in [0.05, 0.1) is 0 Å². The highest BCUT2D eigenvalue weighted by molar-refractivity contribution is 5.95. The minimum atomic E-state index is -1.27. The molecule has 1 aromatic heterocycles. The summed E-state index contributed by atoms with van der Waals surface area (Å²) in [5.41, 5.74) is -0.0336. The van der Waals surface area contributed by atoms with E-state index >= 15 is 0 Å². The Kier molecular flexibility index (Phi) is 3.50. The Morgan fingerprint density at radius 3 is 2.26 bits per heavy atom. The normalized spacial score (nSPS) is 15.4. The minimum absolute atomic E-state index is 0.0262. The summed E-state index contributed by atoms with van der Waals surface area (Å²) in [6.45, 7) is 3.20. The Bertz CT molecular complexity index is 516. The van der Waals surface area contributed by atoms with Gasteiger partial charge < -0.3 is 19.4 Å². The zero-order valence-electron chi connectivity index (χ0n) is 10.3. The Labute approximate surface area is 108 Å². The lowest BCUT2D eigenvalue weighted by Crippen LogP contribution is -2.50. The molecule has 1 saturated heterocycles. The highest BCUT2D eigenvalue weighted by Crippen LogP contribution is 2.10. The molecule has 8 nitrogen and oxygen atoms in total. The summed E-state index contributed by atoms with van der Waals surface area (Å²) < 4.78 is 4.54. The molecule has 0 radical (unpaired) electrons. The third-order valence-corrected chi connectivity index (χ3v) is 2.95. The van der Waals surface area contributed by atoms with Gasteiger partial charge in [0.2, 0.25) is 11.7 Å². The van der Waals surface area contributed by atoms with Gasteiger partial charge in [0.1, 0.15) is 0 Å². The van der Waals surface area contributed by atoms with Crippen LogP contribution in [0.2, 0.25) is 0 Å². The zero-order valence-corrected chi connectivity index (χ0v) is 10.3. The molecule has 0 atom stereocenters. The lowest BCUT2D eigenvalue weighted by Gasteiger charge is -2.33. The van der Waals surface area contributed by atoms with Gasteiger partial charge in [0.25, 0.3) is 5.91 Å². The Hall–Kier alpha value is -2.38. The third-order valence-electron chi connectivity index (χ3n) is 2.95. The van der Waals surface area contributed by atoms with E-state index in [1.54, 1.807) is 4.90 Å². The van der Waals surface area contributed by atoms with Crippen LogP contribution in [0.25, 0.3) is 0 Å². The average Bonchev–Trinajstić information content (AvgIpc) is 2.87. The molecule has 2 heterocycles. The number of aromatic nitrogens is 1. The van der Waals surface area contributed by atoms with Gasteiger partial charge in [0, 0.05) is 39.2 Å². The quantitative estimate of drug-likeness (QED) is 0.787. The van der Waals surface area contributed by atoms with E-state index in [-0.39, 0.29) is 23.3 Å². The van der Waals surface area contributed by atoms with Crippen LogP contribution in [-0.2, 0) is 4.79 Å². The molecule has 0 spiro atoms. The number of hydrogen-bond acceptors (Lipinski definition) is 5. The highest BCUT2D eigenvalue weighted by atomic mass is 16.5. The largest absolute Gasteiger partial charge is 0.475 e. The molecule has 2 rings (SSSR count). The van der Waals surface area contributed by atoms with Gasteiger partial charge in [-0.2, -0.15) is 0 Å². The topological polar surface area (TPSA) is 104 Å². The van der Waals surface area contributed by atoms with Crippen LogP contribution >= 0.6 is 0 Å². The van der Waals surface area contributed by atoms with Crippen molar-refractivity contribution in [1.82, 2.24) is 15.0 Å². The molecular formula is C11H13N3O5. The number of carbonyl (C=O) groups is 3. The van der Waals surface area contributed by atoms with E-state index in [0.29, 0.717) is 26.2 Å². The maximum absolute atomic E-state index is 12.0. The SMILES string of the molecule is CC(=O)N1CCN(C(=O)c2cc(C(=O)O)on2)CC1. The maximum atomic E-state index is 12.0. The number of carbonyl (C=O) groups excluding carboxylic acids is 2. The lowest BCUT2D eigenvalue weighted by molar-refractivity contribution is -0.130. The first-order chi connectivity index (χ1) is 8.99. The van der Waals surface area contributed by atoms with Gasteiger partial charge in [-0.05, 0) is 0 Å². The van der Waals surface area contributed by atoms with Crippen molar-refractivity contribution in [3.05, 3.63) is 17.5 Å². The maximum Gasteiger partial charge on any atom is 0.374 e. The Balaban J connectivity index is 2.01.